The summed E-state index contributed by atoms with van der Waals surface area (Å²) in [5.74, 6) is 0.243. The van der Waals surface area contributed by atoms with Gasteiger partial charge >= 0.3 is 0 Å². The van der Waals surface area contributed by atoms with E-state index < -0.39 is 0 Å². The van der Waals surface area contributed by atoms with Gasteiger partial charge in [0.15, 0.2) is 0 Å². The maximum absolute atomic E-state index is 10.4. The highest BCUT2D eigenvalue weighted by molar-refractivity contribution is 5.75. The Morgan fingerprint density at radius 1 is 1.50 bits per heavy atom. The zero-order chi connectivity index (χ0) is 9.78. The lowest BCUT2D eigenvalue weighted by Crippen LogP contribution is -2.35. The Bertz CT molecular complexity index is 149. The molecule has 0 saturated carbocycles. The van der Waals surface area contributed by atoms with Gasteiger partial charge in [0.1, 0.15) is 0 Å². The number of rotatable bonds is 4. The molecule has 0 saturated heterocycles. The Labute approximate surface area is 74.7 Å². The van der Waals surface area contributed by atoms with Crippen molar-refractivity contribution in [3.8, 4) is 0 Å². The minimum Gasteiger partial charge on any atom is -0.369 e. The second-order valence-corrected chi connectivity index (χ2v) is 4.36. The van der Waals surface area contributed by atoms with Crippen molar-refractivity contribution >= 4 is 5.91 Å². The standard InChI is InChI=1S/C9H20N2O/c1-7(9(2,3)4)5-11-6-8(10)12/h7,11H,5-6H2,1-4H3,(H2,10,12). The molecule has 3 heteroatoms. The summed E-state index contributed by atoms with van der Waals surface area (Å²) >= 11 is 0. The predicted octanol–water partition coefficient (Wildman–Crippen LogP) is 0.743. The molecular weight excluding hydrogens is 152 g/mol. The molecule has 0 aromatic heterocycles. The van der Waals surface area contributed by atoms with Crippen molar-refractivity contribution in [2.45, 2.75) is 27.7 Å². The molecule has 1 unspecified atom stereocenters. The quantitative estimate of drug-likeness (QED) is 0.657. The number of primary amides is 1. The molecule has 0 bridgehead atoms. The van der Waals surface area contributed by atoms with E-state index in [1.54, 1.807) is 0 Å². The number of carbonyl (C=O) groups excluding carboxylic acids is 1. The second kappa shape index (κ2) is 4.45. The number of carbonyl (C=O) groups is 1. The molecule has 0 aliphatic heterocycles. The number of nitrogens with one attached hydrogen (secondary N) is 1. The van der Waals surface area contributed by atoms with Crippen LogP contribution in [0.5, 0.6) is 0 Å². The second-order valence-electron chi connectivity index (χ2n) is 4.36. The van der Waals surface area contributed by atoms with E-state index in [1.807, 2.05) is 0 Å². The normalized spacial score (nSPS) is 14.3. The molecule has 1 amide bonds. The van der Waals surface area contributed by atoms with Crippen molar-refractivity contribution in [1.29, 1.82) is 0 Å². The maximum Gasteiger partial charge on any atom is 0.231 e. The fourth-order valence-corrected chi connectivity index (χ4v) is 0.718. The molecule has 0 fully saturated rings. The largest absolute Gasteiger partial charge is 0.369 e. The van der Waals surface area contributed by atoms with Crippen molar-refractivity contribution in [1.82, 2.24) is 5.32 Å². The van der Waals surface area contributed by atoms with Gasteiger partial charge in [-0.05, 0) is 17.9 Å². The van der Waals surface area contributed by atoms with E-state index in [0.29, 0.717) is 5.92 Å². The molecule has 0 aliphatic carbocycles. The van der Waals surface area contributed by atoms with Crippen LogP contribution in [-0.2, 0) is 4.79 Å². The van der Waals surface area contributed by atoms with Crippen molar-refractivity contribution in [3.05, 3.63) is 0 Å². The smallest absolute Gasteiger partial charge is 0.231 e. The number of amides is 1. The Morgan fingerprint density at radius 3 is 2.33 bits per heavy atom. The van der Waals surface area contributed by atoms with Gasteiger partial charge in [0.2, 0.25) is 5.91 Å². The van der Waals surface area contributed by atoms with Crippen LogP contribution in [0.15, 0.2) is 0 Å². The summed E-state index contributed by atoms with van der Waals surface area (Å²) < 4.78 is 0. The predicted molar refractivity (Wildman–Crippen MR) is 50.7 cm³/mol. The van der Waals surface area contributed by atoms with Crippen LogP contribution in [-0.4, -0.2) is 19.0 Å². The zero-order valence-corrected chi connectivity index (χ0v) is 8.48. The SMILES string of the molecule is CC(CNCC(N)=O)C(C)(C)C. The van der Waals surface area contributed by atoms with Crippen molar-refractivity contribution < 1.29 is 4.79 Å². The Balaban J connectivity index is 3.58. The first-order valence-corrected chi connectivity index (χ1v) is 4.33. The lowest BCUT2D eigenvalue weighted by Gasteiger charge is -2.27. The van der Waals surface area contributed by atoms with Crippen LogP contribution in [0.3, 0.4) is 0 Å². The van der Waals surface area contributed by atoms with E-state index in [-0.39, 0.29) is 17.9 Å². The molecular formula is C9H20N2O. The van der Waals surface area contributed by atoms with Gasteiger partial charge in [-0.3, -0.25) is 4.79 Å². The summed E-state index contributed by atoms with van der Waals surface area (Å²) in [4.78, 5) is 10.4. The molecule has 0 rings (SSSR count). The number of nitrogens with two attached hydrogens (primary N) is 1. The highest BCUT2D eigenvalue weighted by Gasteiger charge is 2.19. The fraction of sp³-hybridized carbons (Fsp3) is 0.889. The van der Waals surface area contributed by atoms with Crippen LogP contribution in [0.4, 0.5) is 0 Å². The van der Waals surface area contributed by atoms with Crippen molar-refractivity contribution in [3.63, 3.8) is 0 Å². The van der Waals surface area contributed by atoms with Gasteiger partial charge in [-0.25, -0.2) is 0 Å². The molecule has 0 heterocycles. The van der Waals surface area contributed by atoms with Gasteiger partial charge < -0.3 is 11.1 Å². The monoisotopic (exact) mass is 172 g/mol. The molecule has 0 aromatic rings. The minimum absolute atomic E-state index is 0.278. The third kappa shape index (κ3) is 5.13. The molecule has 72 valence electrons. The van der Waals surface area contributed by atoms with E-state index in [4.69, 9.17) is 5.73 Å². The van der Waals surface area contributed by atoms with E-state index in [2.05, 4.69) is 33.0 Å². The Morgan fingerprint density at radius 2 is 2.00 bits per heavy atom. The van der Waals surface area contributed by atoms with Crippen LogP contribution < -0.4 is 11.1 Å². The van der Waals surface area contributed by atoms with Crippen molar-refractivity contribution in [2.24, 2.45) is 17.1 Å². The first-order valence-electron chi connectivity index (χ1n) is 4.33. The molecule has 0 aliphatic rings. The molecule has 0 radical (unpaired) electrons. The molecule has 3 nitrogen and oxygen atoms in total. The average Bonchev–Trinajstić information content (AvgIpc) is 1.84. The third-order valence-corrected chi connectivity index (χ3v) is 2.23. The molecule has 0 aromatic carbocycles. The lowest BCUT2D eigenvalue weighted by atomic mass is 9.82. The molecule has 0 spiro atoms. The Hall–Kier alpha value is -0.570. The van der Waals surface area contributed by atoms with Crippen LogP contribution in [0.2, 0.25) is 0 Å². The Kier molecular flexibility index (Phi) is 4.24. The van der Waals surface area contributed by atoms with E-state index in [9.17, 15) is 4.79 Å². The van der Waals surface area contributed by atoms with E-state index >= 15 is 0 Å². The van der Waals surface area contributed by atoms with Gasteiger partial charge in [0, 0.05) is 0 Å². The highest BCUT2D eigenvalue weighted by Crippen LogP contribution is 2.24. The first kappa shape index (κ1) is 11.4. The van der Waals surface area contributed by atoms with Crippen LogP contribution in [0.25, 0.3) is 0 Å². The molecule has 3 N–H and O–H groups in total. The minimum atomic E-state index is -0.295. The van der Waals surface area contributed by atoms with E-state index in [0.717, 1.165) is 6.54 Å². The lowest BCUT2D eigenvalue weighted by molar-refractivity contribution is -0.117. The summed E-state index contributed by atoms with van der Waals surface area (Å²) in [6.45, 7) is 9.83. The molecule has 1 atom stereocenters. The van der Waals surface area contributed by atoms with Crippen LogP contribution in [0, 0.1) is 11.3 Å². The van der Waals surface area contributed by atoms with Gasteiger partial charge in [-0.2, -0.15) is 0 Å². The zero-order valence-electron chi connectivity index (χ0n) is 8.48. The number of hydrogen-bond acceptors (Lipinski definition) is 2. The maximum atomic E-state index is 10.4. The number of hydrogen-bond donors (Lipinski definition) is 2. The summed E-state index contributed by atoms with van der Waals surface area (Å²) in [5.41, 5.74) is 5.27. The summed E-state index contributed by atoms with van der Waals surface area (Å²) in [5, 5.41) is 3.02. The summed E-state index contributed by atoms with van der Waals surface area (Å²) in [6, 6.07) is 0. The van der Waals surface area contributed by atoms with E-state index in [1.165, 1.54) is 0 Å². The average molecular weight is 172 g/mol. The van der Waals surface area contributed by atoms with Crippen LogP contribution in [0.1, 0.15) is 27.7 Å². The van der Waals surface area contributed by atoms with Crippen LogP contribution >= 0.6 is 0 Å². The van der Waals surface area contributed by atoms with Gasteiger partial charge in [0.05, 0.1) is 6.54 Å². The third-order valence-electron chi connectivity index (χ3n) is 2.23. The molecule has 12 heavy (non-hydrogen) atoms. The first-order chi connectivity index (χ1) is 5.34. The summed E-state index contributed by atoms with van der Waals surface area (Å²) in [7, 11) is 0. The van der Waals surface area contributed by atoms with Gasteiger partial charge in [-0.15, -0.1) is 0 Å². The summed E-state index contributed by atoms with van der Waals surface area (Å²) in [6.07, 6.45) is 0. The van der Waals surface area contributed by atoms with Crippen molar-refractivity contribution in [2.75, 3.05) is 13.1 Å². The topological polar surface area (TPSA) is 55.1 Å². The van der Waals surface area contributed by atoms with Gasteiger partial charge in [-0.1, -0.05) is 27.7 Å². The fourth-order valence-electron chi connectivity index (χ4n) is 0.718. The van der Waals surface area contributed by atoms with Gasteiger partial charge in [0.25, 0.3) is 0 Å². The highest BCUT2D eigenvalue weighted by atomic mass is 16.1.